The average molecular weight is 299 g/mol. The van der Waals surface area contributed by atoms with Crippen molar-refractivity contribution in [2.24, 2.45) is 0 Å². The van der Waals surface area contributed by atoms with E-state index < -0.39 is 0 Å². The number of rotatable bonds is 7. The molecule has 0 aliphatic rings. The molecule has 1 heterocycles. The fourth-order valence-corrected chi connectivity index (χ4v) is 1.93. The summed E-state index contributed by atoms with van der Waals surface area (Å²) in [5.74, 6) is 1.03. The van der Waals surface area contributed by atoms with E-state index in [-0.39, 0.29) is 5.91 Å². The molecule has 2 N–H and O–H groups in total. The molecule has 0 radical (unpaired) electrons. The third-order valence-corrected chi connectivity index (χ3v) is 3.20. The molecule has 1 aromatic carbocycles. The van der Waals surface area contributed by atoms with Crippen LogP contribution in [0.25, 0.3) is 0 Å². The molecule has 0 fully saturated rings. The number of benzene rings is 1. The van der Waals surface area contributed by atoms with Crippen LogP contribution in [0.15, 0.2) is 42.6 Å². The normalized spacial score (nSPS) is 10.3. The highest BCUT2D eigenvalue weighted by Crippen LogP contribution is 2.13. The van der Waals surface area contributed by atoms with Crippen molar-refractivity contribution in [2.75, 3.05) is 25.5 Å². The predicted molar refractivity (Wildman–Crippen MR) is 87.4 cm³/mol. The first-order chi connectivity index (χ1) is 10.7. The Kier molecular flexibility index (Phi) is 5.91. The standard InChI is InChI=1S/C17H21N3O2/c1-3-13-5-4-6-14(11-13)17(21)20-16-8-7-15(12-19-16)22-10-9-18-2/h4-8,11-12,18H,3,9-10H2,1-2H3,(H,19,20,21). The number of hydrogen-bond donors (Lipinski definition) is 2. The fraction of sp³-hybridized carbons (Fsp3) is 0.294. The van der Waals surface area contributed by atoms with Crippen LogP contribution in [0.2, 0.25) is 0 Å². The molecule has 0 bridgehead atoms. The van der Waals surface area contributed by atoms with E-state index >= 15 is 0 Å². The number of amides is 1. The SMILES string of the molecule is CCc1cccc(C(=O)Nc2ccc(OCCNC)cn2)c1. The van der Waals surface area contributed by atoms with Gasteiger partial charge in [0.25, 0.3) is 5.91 Å². The van der Waals surface area contributed by atoms with Crippen molar-refractivity contribution in [1.29, 1.82) is 0 Å². The van der Waals surface area contributed by atoms with E-state index in [9.17, 15) is 4.79 Å². The van der Waals surface area contributed by atoms with E-state index in [1.807, 2.05) is 25.2 Å². The maximum Gasteiger partial charge on any atom is 0.256 e. The monoisotopic (exact) mass is 299 g/mol. The van der Waals surface area contributed by atoms with Gasteiger partial charge < -0.3 is 15.4 Å². The van der Waals surface area contributed by atoms with Gasteiger partial charge in [-0.2, -0.15) is 0 Å². The Balaban J connectivity index is 1.96. The molecule has 0 aliphatic heterocycles. The summed E-state index contributed by atoms with van der Waals surface area (Å²) < 4.78 is 5.48. The van der Waals surface area contributed by atoms with E-state index in [4.69, 9.17) is 4.74 Å². The van der Waals surface area contributed by atoms with Crippen LogP contribution in [0, 0.1) is 0 Å². The van der Waals surface area contributed by atoms with E-state index in [1.54, 1.807) is 24.4 Å². The lowest BCUT2D eigenvalue weighted by atomic mass is 10.1. The van der Waals surface area contributed by atoms with Gasteiger partial charge in [-0.1, -0.05) is 19.1 Å². The van der Waals surface area contributed by atoms with Crippen molar-refractivity contribution < 1.29 is 9.53 Å². The third kappa shape index (κ3) is 4.56. The highest BCUT2D eigenvalue weighted by atomic mass is 16.5. The lowest BCUT2D eigenvalue weighted by molar-refractivity contribution is 0.102. The van der Waals surface area contributed by atoms with Crippen molar-refractivity contribution in [3.63, 3.8) is 0 Å². The van der Waals surface area contributed by atoms with Crippen LogP contribution in [-0.2, 0) is 6.42 Å². The molecule has 5 nitrogen and oxygen atoms in total. The van der Waals surface area contributed by atoms with E-state index in [0.717, 1.165) is 18.5 Å². The molecule has 0 aliphatic carbocycles. The number of likely N-dealkylation sites (N-methyl/N-ethyl adjacent to an activating group) is 1. The molecule has 2 rings (SSSR count). The first-order valence-electron chi connectivity index (χ1n) is 7.36. The molecule has 0 saturated carbocycles. The van der Waals surface area contributed by atoms with Gasteiger partial charge in [0.1, 0.15) is 18.2 Å². The van der Waals surface area contributed by atoms with Crippen LogP contribution in [0.5, 0.6) is 5.75 Å². The van der Waals surface area contributed by atoms with Crippen LogP contribution in [-0.4, -0.2) is 31.1 Å². The summed E-state index contributed by atoms with van der Waals surface area (Å²) in [5, 5.41) is 5.79. The zero-order chi connectivity index (χ0) is 15.8. The van der Waals surface area contributed by atoms with E-state index in [1.165, 1.54) is 0 Å². The van der Waals surface area contributed by atoms with Gasteiger partial charge >= 0.3 is 0 Å². The van der Waals surface area contributed by atoms with Gasteiger partial charge in [-0.15, -0.1) is 0 Å². The second-order valence-corrected chi connectivity index (χ2v) is 4.84. The van der Waals surface area contributed by atoms with Crippen molar-refractivity contribution >= 4 is 11.7 Å². The summed E-state index contributed by atoms with van der Waals surface area (Å²) >= 11 is 0. The Hall–Kier alpha value is -2.40. The quantitative estimate of drug-likeness (QED) is 0.771. The number of aryl methyl sites for hydroxylation is 1. The van der Waals surface area contributed by atoms with Gasteiger partial charge in [0.05, 0.1) is 6.20 Å². The zero-order valence-corrected chi connectivity index (χ0v) is 12.9. The minimum atomic E-state index is -0.161. The number of nitrogens with one attached hydrogen (secondary N) is 2. The zero-order valence-electron chi connectivity index (χ0n) is 12.9. The Morgan fingerprint density at radius 3 is 2.82 bits per heavy atom. The summed E-state index contributed by atoms with van der Waals surface area (Å²) in [7, 11) is 1.87. The molecular weight excluding hydrogens is 278 g/mol. The van der Waals surface area contributed by atoms with Gasteiger partial charge in [0.2, 0.25) is 0 Å². The van der Waals surface area contributed by atoms with Crippen molar-refractivity contribution in [2.45, 2.75) is 13.3 Å². The predicted octanol–water partition coefficient (Wildman–Crippen LogP) is 2.49. The first kappa shape index (κ1) is 16.0. The maximum atomic E-state index is 12.2. The molecule has 5 heteroatoms. The van der Waals surface area contributed by atoms with Gasteiger partial charge in [-0.3, -0.25) is 4.79 Å². The molecule has 1 amide bonds. The third-order valence-electron chi connectivity index (χ3n) is 3.20. The number of anilines is 1. The molecule has 0 saturated heterocycles. The van der Waals surface area contributed by atoms with Gasteiger partial charge in [-0.05, 0) is 43.3 Å². The van der Waals surface area contributed by atoms with Crippen LogP contribution in [0.4, 0.5) is 5.82 Å². The summed E-state index contributed by atoms with van der Waals surface area (Å²) in [6.07, 6.45) is 2.51. The minimum Gasteiger partial charge on any atom is -0.491 e. The number of pyridine rings is 1. The van der Waals surface area contributed by atoms with Gasteiger partial charge in [0.15, 0.2) is 0 Å². The summed E-state index contributed by atoms with van der Waals surface area (Å²) in [4.78, 5) is 16.4. The number of hydrogen-bond acceptors (Lipinski definition) is 4. The topological polar surface area (TPSA) is 63.2 Å². The number of aromatic nitrogens is 1. The van der Waals surface area contributed by atoms with E-state index in [0.29, 0.717) is 23.7 Å². The van der Waals surface area contributed by atoms with Crippen molar-refractivity contribution in [3.05, 3.63) is 53.7 Å². The molecule has 1 aromatic heterocycles. The summed E-state index contributed by atoms with van der Waals surface area (Å²) in [5.41, 5.74) is 1.77. The Morgan fingerprint density at radius 2 is 2.14 bits per heavy atom. The molecule has 2 aromatic rings. The Bertz CT molecular complexity index is 612. The first-order valence-corrected chi connectivity index (χ1v) is 7.36. The molecule has 0 atom stereocenters. The Morgan fingerprint density at radius 1 is 1.27 bits per heavy atom. The number of carbonyl (C=O) groups is 1. The van der Waals surface area contributed by atoms with Crippen LogP contribution >= 0.6 is 0 Å². The fourth-order valence-electron chi connectivity index (χ4n) is 1.93. The van der Waals surface area contributed by atoms with Crippen molar-refractivity contribution in [1.82, 2.24) is 10.3 Å². The highest BCUT2D eigenvalue weighted by molar-refractivity contribution is 6.03. The Labute approximate surface area is 130 Å². The average Bonchev–Trinajstić information content (AvgIpc) is 2.56. The number of ether oxygens (including phenoxy) is 1. The lowest BCUT2D eigenvalue weighted by Crippen LogP contribution is -2.16. The number of carbonyl (C=O) groups excluding carboxylic acids is 1. The lowest BCUT2D eigenvalue weighted by Gasteiger charge is -2.08. The summed E-state index contributed by atoms with van der Waals surface area (Å²) in [6.45, 7) is 3.41. The highest BCUT2D eigenvalue weighted by Gasteiger charge is 2.07. The van der Waals surface area contributed by atoms with Crippen LogP contribution in [0.1, 0.15) is 22.8 Å². The molecular formula is C17H21N3O2. The van der Waals surface area contributed by atoms with E-state index in [2.05, 4.69) is 22.5 Å². The maximum absolute atomic E-state index is 12.2. The second kappa shape index (κ2) is 8.14. The smallest absolute Gasteiger partial charge is 0.256 e. The summed E-state index contributed by atoms with van der Waals surface area (Å²) in [6, 6.07) is 11.1. The van der Waals surface area contributed by atoms with Crippen molar-refractivity contribution in [3.8, 4) is 5.75 Å². The second-order valence-electron chi connectivity index (χ2n) is 4.84. The van der Waals surface area contributed by atoms with Crippen LogP contribution in [0.3, 0.4) is 0 Å². The molecule has 0 unspecified atom stereocenters. The largest absolute Gasteiger partial charge is 0.491 e. The molecule has 0 spiro atoms. The minimum absolute atomic E-state index is 0.161. The van der Waals surface area contributed by atoms with Gasteiger partial charge in [0, 0.05) is 12.1 Å². The van der Waals surface area contributed by atoms with Gasteiger partial charge in [-0.25, -0.2) is 4.98 Å². The number of nitrogens with zero attached hydrogens (tertiary/aromatic N) is 1. The molecule has 22 heavy (non-hydrogen) atoms. The molecule has 116 valence electrons. The van der Waals surface area contributed by atoms with Crippen LogP contribution < -0.4 is 15.4 Å².